The van der Waals surface area contributed by atoms with Gasteiger partial charge in [-0.1, -0.05) is 30.7 Å². The topological polar surface area (TPSA) is 55.2 Å². The predicted molar refractivity (Wildman–Crippen MR) is 86.4 cm³/mol. The second-order valence-corrected chi connectivity index (χ2v) is 6.32. The van der Waals surface area contributed by atoms with E-state index in [4.69, 9.17) is 0 Å². The number of fused-ring (bicyclic) bond motifs is 3. The van der Waals surface area contributed by atoms with Crippen LogP contribution in [0.25, 0.3) is 11.3 Å². The standard InChI is InChI=1S/C18H19N3O2/c1-20-14(11-21-9-5-2-6-10-21)19-15-16(20)12-7-3-4-8-13(12)17(22)18(15)23/h3-4,7-8H,2,5-6,9-11H2,1H3. The zero-order valence-corrected chi connectivity index (χ0v) is 13.2. The van der Waals surface area contributed by atoms with Crippen LogP contribution in [0.15, 0.2) is 24.3 Å². The van der Waals surface area contributed by atoms with Crippen molar-refractivity contribution in [1.29, 1.82) is 0 Å². The van der Waals surface area contributed by atoms with Crippen molar-refractivity contribution < 1.29 is 9.59 Å². The third kappa shape index (κ3) is 2.23. The Morgan fingerprint density at radius 3 is 2.43 bits per heavy atom. The number of hydrogen-bond acceptors (Lipinski definition) is 4. The van der Waals surface area contributed by atoms with E-state index in [-0.39, 0.29) is 0 Å². The van der Waals surface area contributed by atoms with Gasteiger partial charge in [0.25, 0.3) is 5.78 Å². The van der Waals surface area contributed by atoms with Crippen LogP contribution in [0, 0.1) is 0 Å². The quantitative estimate of drug-likeness (QED) is 0.800. The fourth-order valence-electron chi connectivity index (χ4n) is 3.59. The van der Waals surface area contributed by atoms with Crippen LogP contribution in [0.4, 0.5) is 0 Å². The minimum absolute atomic E-state index is 0.309. The Kier molecular flexibility index (Phi) is 3.38. The van der Waals surface area contributed by atoms with Gasteiger partial charge in [-0.25, -0.2) is 4.98 Å². The number of carbonyl (C=O) groups excluding carboxylic acids is 2. The molecule has 118 valence electrons. The first-order valence-electron chi connectivity index (χ1n) is 8.13. The molecule has 0 N–H and O–H groups in total. The molecule has 0 amide bonds. The highest BCUT2D eigenvalue weighted by Crippen LogP contribution is 2.33. The zero-order chi connectivity index (χ0) is 16.0. The second-order valence-electron chi connectivity index (χ2n) is 6.32. The fourth-order valence-corrected chi connectivity index (χ4v) is 3.59. The number of benzene rings is 1. The van der Waals surface area contributed by atoms with Crippen molar-refractivity contribution in [3.05, 3.63) is 41.3 Å². The number of piperidine rings is 1. The molecule has 1 aliphatic carbocycles. The van der Waals surface area contributed by atoms with Gasteiger partial charge < -0.3 is 4.57 Å². The normalized spacial score (nSPS) is 18.0. The minimum atomic E-state index is -0.487. The highest BCUT2D eigenvalue weighted by atomic mass is 16.2. The van der Waals surface area contributed by atoms with Crippen molar-refractivity contribution in [2.45, 2.75) is 25.8 Å². The SMILES string of the molecule is Cn1c(CN2CCCCC2)nc2c1-c1ccccc1C(=O)C2=O. The maximum atomic E-state index is 12.4. The number of aromatic nitrogens is 2. The number of likely N-dealkylation sites (tertiary alicyclic amines) is 1. The lowest BCUT2D eigenvalue weighted by atomic mass is 9.90. The Morgan fingerprint density at radius 2 is 1.70 bits per heavy atom. The zero-order valence-electron chi connectivity index (χ0n) is 13.2. The third-order valence-corrected chi connectivity index (χ3v) is 4.85. The molecule has 0 spiro atoms. The van der Waals surface area contributed by atoms with Crippen LogP contribution in [-0.2, 0) is 13.6 Å². The molecule has 1 aromatic heterocycles. The van der Waals surface area contributed by atoms with E-state index in [1.807, 2.05) is 23.7 Å². The first-order chi connectivity index (χ1) is 11.2. The van der Waals surface area contributed by atoms with Crippen LogP contribution in [0.5, 0.6) is 0 Å². The number of rotatable bonds is 2. The lowest BCUT2D eigenvalue weighted by Crippen LogP contribution is -2.30. The molecule has 0 atom stereocenters. The van der Waals surface area contributed by atoms with E-state index < -0.39 is 11.6 Å². The van der Waals surface area contributed by atoms with Gasteiger partial charge in [0.1, 0.15) is 11.5 Å². The van der Waals surface area contributed by atoms with Gasteiger partial charge in [-0.15, -0.1) is 0 Å². The summed E-state index contributed by atoms with van der Waals surface area (Å²) >= 11 is 0. The van der Waals surface area contributed by atoms with E-state index in [2.05, 4.69) is 9.88 Å². The smallest absolute Gasteiger partial charge is 0.254 e. The van der Waals surface area contributed by atoms with Crippen molar-refractivity contribution >= 4 is 11.6 Å². The Morgan fingerprint density at radius 1 is 1.00 bits per heavy atom. The molecular weight excluding hydrogens is 290 g/mol. The van der Waals surface area contributed by atoms with E-state index in [1.165, 1.54) is 19.3 Å². The Balaban J connectivity index is 1.78. The largest absolute Gasteiger partial charge is 0.329 e. The first-order valence-corrected chi connectivity index (χ1v) is 8.13. The van der Waals surface area contributed by atoms with E-state index in [0.29, 0.717) is 11.3 Å². The van der Waals surface area contributed by atoms with Crippen LogP contribution < -0.4 is 0 Å². The van der Waals surface area contributed by atoms with Crippen LogP contribution in [0.1, 0.15) is 45.9 Å². The Bertz CT molecular complexity index is 801. The van der Waals surface area contributed by atoms with Crippen molar-refractivity contribution in [3.8, 4) is 11.3 Å². The predicted octanol–water partition coefficient (Wildman–Crippen LogP) is 2.45. The number of Topliss-reactive ketones (excluding diaryl/α,β-unsaturated/α-hetero) is 2. The van der Waals surface area contributed by atoms with Gasteiger partial charge >= 0.3 is 0 Å². The molecule has 0 unspecified atom stereocenters. The van der Waals surface area contributed by atoms with Crippen molar-refractivity contribution in [2.75, 3.05) is 13.1 Å². The van der Waals surface area contributed by atoms with Gasteiger partial charge in [0.15, 0.2) is 0 Å². The molecule has 1 aliphatic heterocycles. The van der Waals surface area contributed by atoms with Crippen molar-refractivity contribution in [2.24, 2.45) is 7.05 Å². The molecule has 1 saturated heterocycles. The molecular formula is C18H19N3O2. The number of carbonyl (C=O) groups is 2. The van der Waals surface area contributed by atoms with E-state index >= 15 is 0 Å². The minimum Gasteiger partial charge on any atom is -0.329 e. The molecule has 0 radical (unpaired) electrons. The van der Waals surface area contributed by atoms with Crippen molar-refractivity contribution in [1.82, 2.24) is 14.5 Å². The molecule has 5 nitrogen and oxygen atoms in total. The molecule has 5 heteroatoms. The van der Waals surface area contributed by atoms with E-state index in [0.717, 1.165) is 36.7 Å². The van der Waals surface area contributed by atoms with E-state index in [1.54, 1.807) is 12.1 Å². The Hall–Kier alpha value is -2.27. The van der Waals surface area contributed by atoms with Gasteiger partial charge in [0, 0.05) is 18.2 Å². The molecule has 2 aromatic rings. The van der Waals surface area contributed by atoms with Gasteiger partial charge in [-0.3, -0.25) is 14.5 Å². The molecule has 2 heterocycles. The summed E-state index contributed by atoms with van der Waals surface area (Å²) in [6, 6.07) is 7.30. The van der Waals surface area contributed by atoms with E-state index in [9.17, 15) is 9.59 Å². The van der Waals surface area contributed by atoms with Crippen LogP contribution >= 0.6 is 0 Å². The molecule has 1 fully saturated rings. The van der Waals surface area contributed by atoms with Crippen molar-refractivity contribution in [3.63, 3.8) is 0 Å². The van der Waals surface area contributed by atoms with Crippen LogP contribution in [0.2, 0.25) is 0 Å². The number of imidazole rings is 1. The summed E-state index contributed by atoms with van der Waals surface area (Å²) in [4.78, 5) is 31.6. The highest BCUT2D eigenvalue weighted by Gasteiger charge is 2.35. The molecule has 2 aliphatic rings. The average molecular weight is 309 g/mol. The molecule has 4 rings (SSSR count). The monoisotopic (exact) mass is 309 g/mol. The second kappa shape index (κ2) is 5.42. The van der Waals surface area contributed by atoms with Gasteiger partial charge in [-0.05, 0) is 25.9 Å². The lowest BCUT2D eigenvalue weighted by molar-refractivity contribution is 0.0812. The number of hydrogen-bond donors (Lipinski definition) is 0. The number of ketones is 2. The van der Waals surface area contributed by atoms with Crippen LogP contribution in [-0.4, -0.2) is 39.1 Å². The average Bonchev–Trinajstić information content (AvgIpc) is 2.91. The lowest BCUT2D eigenvalue weighted by Gasteiger charge is -2.26. The van der Waals surface area contributed by atoms with Gasteiger partial charge in [0.2, 0.25) is 5.78 Å². The summed E-state index contributed by atoms with van der Waals surface area (Å²) in [6.45, 7) is 2.87. The number of nitrogens with zero attached hydrogens (tertiary/aromatic N) is 3. The summed E-state index contributed by atoms with van der Waals surface area (Å²) < 4.78 is 1.98. The third-order valence-electron chi connectivity index (χ3n) is 4.85. The van der Waals surface area contributed by atoms with Crippen LogP contribution in [0.3, 0.4) is 0 Å². The first kappa shape index (κ1) is 14.3. The Labute approximate surface area is 134 Å². The summed E-state index contributed by atoms with van der Waals surface area (Å²) in [7, 11) is 1.94. The maximum absolute atomic E-state index is 12.4. The molecule has 0 bridgehead atoms. The summed E-state index contributed by atoms with van der Waals surface area (Å²) in [5, 5.41) is 0. The summed E-state index contributed by atoms with van der Waals surface area (Å²) in [5.74, 6) is -0.0790. The molecule has 23 heavy (non-hydrogen) atoms. The molecule has 1 aromatic carbocycles. The fraction of sp³-hybridized carbons (Fsp3) is 0.389. The van der Waals surface area contributed by atoms with Gasteiger partial charge in [-0.2, -0.15) is 0 Å². The maximum Gasteiger partial charge on any atom is 0.254 e. The highest BCUT2D eigenvalue weighted by molar-refractivity contribution is 6.52. The van der Waals surface area contributed by atoms with Gasteiger partial charge in [0.05, 0.1) is 12.2 Å². The summed E-state index contributed by atoms with van der Waals surface area (Å²) in [6.07, 6.45) is 3.71. The molecule has 0 saturated carbocycles. The summed E-state index contributed by atoms with van der Waals surface area (Å²) in [5.41, 5.74) is 2.38.